The zero-order valence-electron chi connectivity index (χ0n) is 18.0. The summed E-state index contributed by atoms with van der Waals surface area (Å²) in [4.78, 5) is 25.5. The fourth-order valence-electron chi connectivity index (χ4n) is 4.21. The van der Waals surface area contributed by atoms with Gasteiger partial charge in [-0.3, -0.25) is 9.59 Å². The Bertz CT molecular complexity index is 954. The van der Waals surface area contributed by atoms with Gasteiger partial charge in [0.15, 0.2) is 0 Å². The van der Waals surface area contributed by atoms with Gasteiger partial charge in [-0.05, 0) is 43.2 Å². The van der Waals surface area contributed by atoms with Gasteiger partial charge in [0.2, 0.25) is 0 Å². The first-order valence-corrected chi connectivity index (χ1v) is 10.4. The summed E-state index contributed by atoms with van der Waals surface area (Å²) in [6, 6.07) is 14.7. The molecule has 0 bridgehead atoms. The average Bonchev–Trinajstić information content (AvgIpc) is 3.07. The molecule has 1 aliphatic rings. The van der Waals surface area contributed by atoms with Crippen molar-refractivity contribution in [2.45, 2.75) is 50.8 Å². The van der Waals surface area contributed by atoms with Gasteiger partial charge in [0.1, 0.15) is 18.0 Å². The molecule has 1 aliphatic heterocycles. The number of carbonyl (C=O) groups is 2. The molecule has 0 amide bonds. The van der Waals surface area contributed by atoms with Crippen LogP contribution in [-0.4, -0.2) is 42.2 Å². The number of methoxy groups -OCH3 is 1. The normalized spacial score (nSPS) is 19.0. The molecule has 31 heavy (non-hydrogen) atoms. The predicted octanol–water partition coefficient (Wildman–Crippen LogP) is 3.99. The molecule has 0 aromatic heterocycles. The van der Waals surface area contributed by atoms with Gasteiger partial charge in [0.05, 0.1) is 19.3 Å². The second-order valence-corrected chi connectivity index (χ2v) is 8.03. The number of para-hydroxylation sites is 1. The van der Waals surface area contributed by atoms with Crippen LogP contribution in [-0.2, 0) is 14.3 Å². The first-order valence-electron chi connectivity index (χ1n) is 10.4. The third kappa shape index (κ3) is 5.20. The molecular formula is C25H28FNO4. The lowest BCUT2D eigenvalue weighted by Gasteiger charge is -2.32. The van der Waals surface area contributed by atoms with E-state index in [1.807, 2.05) is 18.2 Å². The van der Waals surface area contributed by atoms with Crippen LogP contribution in [0, 0.1) is 5.82 Å². The Labute approximate surface area is 182 Å². The van der Waals surface area contributed by atoms with Crippen LogP contribution in [0.3, 0.4) is 0 Å². The van der Waals surface area contributed by atoms with Crippen LogP contribution in [0.4, 0.5) is 10.1 Å². The first-order chi connectivity index (χ1) is 14.8. The average molecular weight is 426 g/mol. The quantitative estimate of drug-likeness (QED) is 0.394. The van der Waals surface area contributed by atoms with Crippen LogP contribution < -0.4 is 4.90 Å². The van der Waals surface area contributed by atoms with E-state index in [0.29, 0.717) is 0 Å². The monoisotopic (exact) mass is 425 g/mol. The molecule has 6 heteroatoms. The number of benzene rings is 2. The van der Waals surface area contributed by atoms with Gasteiger partial charge >= 0.3 is 5.97 Å². The third-order valence-corrected chi connectivity index (χ3v) is 5.53. The molecule has 0 aliphatic carbocycles. The molecular weight excluding hydrogens is 397 g/mol. The number of halogens is 1. The lowest BCUT2D eigenvalue weighted by Crippen LogP contribution is -2.38. The van der Waals surface area contributed by atoms with Crippen molar-refractivity contribution >= 4 is 17.4 Å². The Morgan fingerprint density at radius 2 is 1.84 bits per heavy atom. The predicted molar refractivity (Wildman–Crippen MR) is 117 cm³/mol. The van der Waals surface area contributed by atoms with Gasteiger partial charge in [-0.2, -0.15) is 0 Å². The lowest BCUT2D eigenvalue weighted by molar-refractivity contribution is -0.143. The number of hydrogen-bond acceptors (Lipinski definition) is 5. The van der Waals surface area contributed by atoms with Crippen molar-refractivity contribution in [1.82, 2.24) is 0 Å². The molecule has 0 saturated carbocycles. The maximum absolute atomic E-state index is 13.5. The highest BCUT2D eigenvalue weighted by Gasteiger charge is 2.38. The second kappa shape index (κ2) is 9.88. The zero-order chi connectivity index (χ0) is 22.5. The van der Waals surface area contributed by atoms with Gasteiger partial charge in [0, 0.05) is 24.1 Å². The van der Waals surface area contributed by atoms with E-state index in [1.54, 1.807) is 18.2 Å². The molecule has 0 radical (unpaired) electrons. The number of aliphatic hydroxyl groups is 1. The standard InChI is InChI=1S/C25H28FNO4/c1-16(2)27-22-7-5-4-6-21(22)25(17-8-10-18(26)11-9-17)23(27)13-12-19(28)14-20(29)15-24(30)31-3/h4-13,16,19,23,25,28H,14-15H2,1-3H3/b13-12-/t19-,23-,25-/m1/s1. The number of rotatable bonds is 8. The summed E-state index contributed by atoms with van der Waals surface area (Å²) >= 11 is 0. The van der Waals surface area contributed by atoms with Gasteiger partial charge in [-0.25, -0.2) is 4.39 Å². The molecule has 1 heterocycles. The van der Waals surface area contributed by atoms with E-state index in [9.17, 15) is 19.1 Å². The largest absolute Gasteiger partial charge is 0.469 e. The first kappa shape index (κ1) is 22.7. The van der Waals surface area contributed by atoms with E-state index in [0.717, 1.165) is 16.8 Å². The van der Waals surface area contributed by atoms with Gasteiger partial charge < -0.3 is 14.7 Å². The number of ketones is 1. The highest BCUT2D eigenvalue weighted by molar-refractivity contribution is 5.95. The topological polar surface area (TPSA) is 66.8 Å². The molecule has 3 atom stereocenters. The van der Waals surface area contributed by atoms with Crippen molar-refractivity contribution in [2.75, 3.05) is 12.0 Å². The van der Waals surface area contributed by atoms with Crippen LogP contribution in [0.1, 0.15) is 43.7 Å². The fourth-order valence-corrected chi connectivity index (χ4v) is 4.21. The number of aliphatic hydroxyl groups excluding tert-OH is 1. The summed E-state index contributed by atoms with van der Waals surface area (Å²) in [5.74, 6) is -1.33. The number of anilines is 1. The summed E-state index contributed by atoms with van der Waals surface area (Å²) in [7, 11) is 1.22. The summed E-state index contributed by atoms with van der Waals surface area (Å²) in [5.41, 5.74) is 3.20. The Hall–Kier alpha value is -2.99. The molecule has 3 rings (SSSR count). The SMILES string of the molecule is COC(=O)CC(=O)C[C@H](O)/C=C\[C@@H]1[C@H](c2ccc(F)cc2)c2ccccc2N1C(C)C. The lowest BCUT2D eigenvalue weighted by atomic mass is 9.87. The summed E-state index contributed by atoms with van der Waals surface area (Å²) in [6.07, 6.45) is 1.99. The van der Waals surface area contributed by atoms with Crippen LogP contribution in [0.5, 0.6) is 0 Å². The molecule has 0 unspecified atom stereocenters. The summed E-state index contributed by atoms with van der Waals surface area (Å²) in [5, 5.41) is 10.4. The van der Waals surface area contributed by atoms with Crippen molar-refractivity contribution in [3.8, 4) is 0 Å². The van der Waals surface area contributed by atoms with E-state index in [2.05, 4.69) is 35.6 Å². The number of ether oxygens (including phenoxy) is 1. The molecule has 2 aromatic carbocycles. The minimum atomic E-state index is -1.01. The number of fused-ring (bicyclic) bond motifs is 1. The molecule has 1 N–H and O–H groups in total. The smallest absolute Gasteiger partial charge is 0.313 e. The Kier molecular flexibility index (Phi) is 7.23. The number of nitrogens with zero attached hydrogens (tertiary/aromatic N) is 1. The highest BCUT2D eigenvalue weighted by atomic mass is 19.1. The van der Waals surface area contributed by atoms with Crippen LogP contribution in [0.15, 0.2) is 60.7 Å². The van der Waals surface area contributed by atoms with E-state index < -0.39 is 12.1 Å². The number of carbonyl (C=O) groups excluding carboxylic acids is 2. The molecule has 164 valence electrons. The van der Waals surface area contributed by atoms with Crippen molar-refractivity contribution in [3.05, 3.63) is 77.6 Å². The summed E-state index contributed by atoms with van der Waals surface area (Å²) < 4.78 is 18.0. The number of hydrogen-bond donors (Lipinski definition) is 1. The Morgan fingerprint density at radius 3 is 2.48 bits per heavy atom. The zero-order valence-corrected chi connectivity index (χ0v) is 18.0. The van der Waals surface area contributed by atoms with Crippen molar-refractivity contribution in [2.24, 2.45) is 0 Å². The maximum atomic E-state index is 13.5. The van der Waals surface area contributed by atoms with Crippen molar-refractivity contribution in [1.29, 1.82) is 0 Å². The Morgan fingerprint density at radius 1 is 1.16 bits per heavy atom. The maximum Gasteiger partial charge on any atom is 0.313 e. The number of esters is 1. The van der Waals surface area contributed by atoms with Gasteiger partial charge in [0.25, 0.3) is 0 Å². The van der Waals surface area contributed by atoms with E-state index in [4.69, 9.17) is 0 Å². The van der Waals surface area contributed by atoms with Gasteiger partial charge in [-0.1, -0.05) is 42.5 Å². The minimum absolute atomic E-state index is 0.0478. The Balaban J connectivity index is 1.89. The molecule has 0 saturated heterocycles. The fraction of sp³-hybridized carbons (Fsp3) is 0.360. The molecule has 0 spiro atoms. The molecule has 0 fully saturated rings. The van der Waals surface area contributed by atoms with Crippen LogP contribution >= 0.6 is 0 Å². The molecule has 5 nitrogen and oxygen atoms in total. The van der Waals surface area contributed by atoms with E-state index in [-0.39, 0.29) is 42.4 Å². The summed E-state index contributed by atoms with van der Waals surface area (Å²) in [6.45, 7) is 4.20. The number of Topliss-reactive ketones (excluding diaryl/α,β-unsaturated/α-hetero) is 1. The van der Waals surface area contributed by atoms with Crippen LogP contribution in [0.2, 0.25) is 0 Å². The highest BCUT2D eigenvalue weighted by Crippen LogP contribution is 2.46. The second-order valence-electron chi connectivity index (χ2n) is 8.03. The van der Waals surface area contributed by atoms with E-state index in [1.165, 1.54) is 19.2 Å². The van der Waals surface area contributed by atoms with Crippen LogP contribution in [0.25, 0.3) is 0 Å². The van der Waals surface area contributed by atoms with Gasteiger partial charge in [-0.15, -0.1) is 0 Å². The molecule has 2 aromatic rings. The van der Waals surface area contributed by atoms with Crippen molar-refractivity contribution < 1.29 is 23.8 Å². The third-order valence-electron chi connectivity index (χ3n) is 5.53. The van der Waals surface area contributed by atoms with Crippen molar-refractivity contribution in [3.63, 3.8) is 0 Å². The van der Waals surface area contributed by atoms with E-state index >= 15 is 0 Å². The minimum Gasteiger partial charge on any atom is -0.469 e.